The van der Waals surface area contributed by atoms with Crippen LogP contribution in [0.2, 0.25) is 0 Å². The second-order valence-electron chi connectivity index (χ2n) is 6.76. The Balaban J connectivity index is 1.34. The average Bonchev–Trinajstić information content (AvgIpc) is 3.06. The Labute approximate surface area is 134 Å². The number of hydrogen-bond acceptors (Lipinski definition) is 7. The molecule has 3 heterocycles. The summed E-state index contributed by atoms with van der Waals surface area (Å²) in [4.78, 5) is 10.7. The van der Waals surface area contributed by atoms with Crippen LogP contribution in [0, 0.1) is 0 Å². The number of likely N-dealkylation sites (tertiary alicyclic amines) is 1. The molecule has 2 fully saturated rings. The maximum absolute atomic E-state index is 10.9. The van der Waals surface area contributed by atoms with E-state index in [0.29, 0.717) is 24.8 Å². The van der Waals surface area contributed by atoms with Crippen molar-refractivity contribution in [1.82, 2.24) is 29.8 Å². The SMILES string of the molecule is OC1(Cc2nc(C3CC3)no2)CCCN(CCn2cncn2)C1. The molecule has 0 spiro atoms. The Bertz CT molecular complexity index is 638. The fourth-order valence-electron chi connectivity index (χ4n) is 3.26. The molecule has 23 heavy (non-hydrogen) atoms. The lowest BCUT2D eigenvalue weighted by Crippen LogP contribution is -2.50. The first-order valence-electron chi connectivity index (χ1n) is 8.30. The van der Waals surface area contributed by atoms with Gasteiger partial charge >= 0.3 is 0 Å². The molecule has 1 saturated carbocycles. The van der Waals surface area contributed by atoms with Crippen LogP contribution in [-0.2, 0) is 13.0 Å². The maximum atomic E-state index is 10.9. The van der Waals surface area contributed by atoms with Crippen LogP contribution < -0.4 is 0 Å². The van der Waals surface area contributed by atoms with Gasteiger partial charge in [0.25, 0.3) is 0 Å². The van der Waals surface area contributed by atoms with Crippen LogP contribution in [0.4, 0.5) is 0 Å². The smallest absolute Gasteiger partial charge is 0.229 e. The summed E-state index contributed by atoms with van der Waals surface area (Å²) >= 11 is 0. The lowest BCUT2D eigenvalue weighted by Gasteiger charge is -2.38. The lowest BCUT2D eigenvalue weighted by atomic mass is 9.89. The summed E-state index contributed by atoms with van der Waals surface area (Å²) in [6.45, 7) is 3.25. The van der Waals surface area contributed by atoms with Gasteiger partial charge in [-0.2, -0.15) is 10.1 Å². The van der Waals surface area contributed by atoms with E-state index < -0.39 is 5.60 Å². The standard InChI is InChI=1S/C15H22N6O2/c22-15(8-13-18-14(19-23-13)12-2-3-12)4-1-5-20(9-15)6-7-21-11-16-10-17-21/h10-12,22H,1-9H2. The number of aliphatic hydroxyl groups is 1. The number of hydrogen-bond donors (Lipinski definition) is 1. The third-order valence-corrected chi connectivity index (χ3v) is 4.65. The molecule has 1 N–H and O–H groups in total. The fourth-order valence-corrected chi connectivity index (χ4v) is 3.26. The molecular formula is C15H22N6O2. The van der Waals surface area contributed by atoms with E-state index in [1.54, 1.807) is 12.7 Å². The van der Waals surface area contributed by atoms with Gasteiger partial charge in [-0.15, -0.1) is 0 Å². The molecule has 4 rings (SSSR count). The number of β-amino-alcohol motifs (C(OH)–C–C–N with tert-alkyl or cyclic N) is 1. The van der Waals surface area contributed by atoms with Crippen molar-refractivity contribution in [3.05, 3.63) is 24.4 Å². The molecule has 8 nitrogen and oxygen atoms in total. The molecule has 0 amide bonds. The molecule has 1 aliphatic heterocycles. The van der Waals surface area contributed by atoms with Crippen molar-refractivity contribution in [1.29, 1.82) is 0 Å². The van der Waals surface area contributed by atoms with E-state index in [4.69, 9.17) is 4.52 Å². The Morgan fingerprint density at radius 2 is 2.26 bits per heavy atom. The van der Waals surface area contributed by atoms with Crippen molar-refractivity contribution in [3.63, 3.8) is 0 Å². The van der Waals surface area contributed by atoms with Gasteiger partial charge in [0.1, 0.15) is 12.7 Å². The highest BCUT2D eigenvalue weighted by Gasteiger charge is 2.36. The minimum absolute atomic E-state index is 0.437. The first kappa shape index (κ1) is 14.8. The zero-order valence-corrected chi connectivity index (χ0v) is 13.1. The topological polar surface area (TPSA) is 93.1 Å². The van der Waals surface area contributed by atoms with Gasteiger partial charge in [-0.25, -0.2) is 4.98 Å². The van der Waals surface area contributed by atoms with E-state index in [9.17, 15) is 5.11 Å². The van der Waals surface area contributed by atoms with Crippen LogP contribution in [0.1, 0.15) is 43.3 Å². The van der Waals surface area contributed by atoms with E-state index in [2.05, 4.69) is 25.1 Å². The van der Waals surface area contributed by atoms with Gasteiger partial charge in [0, 0.05) is 19.0 Å². The number of nitrogens with zero attached hydrogens (tertiary/aromatic N) is 6. The predicted molar refractivity (Wildman–Crippen MR) is 80.6 cm³/mol. The third-order valence-electron chi connectivity index (χ3n) is 4.65. The predicted octanol–water partition coefficient (Wildman–Crippen LogP) is 0.608. The fraction of sp³-hybridized carbons (Fsp3) is 0.733. The van der Waals surface area contributed by atoms with E-state index in [0.717, 1.165) is 51.1 Å². The van der Waals surface area contributed by atoms with Gasteiger partial charge in [-0.1, -0.05) is 5.16 Å². The molecule has 124 valence electrons. The van der Waals surface area contributed by atoms with Gasteiger partial charge in [0.2, 0.25) is 5.89 Å². The van der Waals surface area contributed by atoms with Crippen molar-refractivity contribution in [2.24, 2.45) is 0 Å². The molecular weight excluding hydrogens is 296 g/mol. The molecule has 2 aromatic rings. The summed E-state index contributed by atoms with van der Waals surface area (Å²) in [5.74, 6) is 1.85. The van der Waals surface area contributed by atoms with Gasteiger partial charge < -0.3 is 9.63 Å². The second-order valence-corrected chi connectivity index (χ2v) is 6.76. The van der Waals surface area contributed by atoms with Gasteiger partial charge in [-0.3, -0.25) is 9.58 Å². The molecule has 1 aliphatic carbocycles. The van der Waals surface area contributed by atoms with Crippen LogP contribution in [0.3, 0.4) is 0 Å². The Morgan fingerprint density at radius 1 is 1.35 bits per heavy atom. The summed E-state index contributed by atoms with van der Waals surface area (Å²) < 4.78 is 7.14. The zero-order chi connectivity index (χ0) is 15.7. The molecule has 0 radical (unpaired) electrons. The van der Waals surface area contributed by atoms with Gasteiger partial charge in [-0.05, 0) is 32.2 Å². The molecule has 8 heteroatoms. The number of aromatic nitrogens is 5. The highest BCUT2D eigenvalue weighted by molar-refractivity contribution is 5.05. The van der Waals surface area contributed by atoms with Crippen LogP contribution in [0.5, 0.6) is 0 Å². The summed E-state index contributed by atoms with van der Waals surface area (Å²) in [6, 6.07) is 0. The first-order chi connectivity index (χ1) is 11.2. The molecule has 0 bridgehead atoms. The molecule has 2 aliphatic rings. The number of piperidine rings is 1. The highest BCUT2D eigenvalue weighted by Crippen LogP contribution is 2.38. The van der Waals surface area contributed by atoms with Gasteiger partial charge in [0.05, 0.1) is 18.6 Å². The minimum atomic E-state index is -0.784. The van der Waals surface area contributed by atoms with E-state index in [1.807, 2.05) is 4.68 Å². The van der Waals surface area contributed by atoms with Crippen LogP contribution in [0.15, 0.2) is 17.2 Å². The summed E-state index contributed by atoms with van der Waals surface area (Å²) in [6.07, 6.45) is 7.74. The summed E-state index contributed by atoms with van der Waals surface area (Å²) in [7, 11) is 0. The van der Waals surface area contributed by atoms with Crippen molar-refractivity contribution in [3.8, 4) is 0 Å². The van der Waals surface area contributed by atoms with E-state index in [1.165, 1.54) is 0 Å². The first-order valence-corrected chi connectivity index (χ1v) is 8.30. The average molecular weight is 318 g/mol. The lowest BCUT2D eigenvalue weighted by molar-refractivity contribution is -0.0358. The second kappa shape index (κ2) is 6.01. The molecule has 1 saturated heterocycles. The third kappa shape index (κ3) is 3.59. The van der Waals surface area contributed by atoms with E-state index in [-0.39, 0.29) is 0 Å². The monoisotopic (exact) mass is 318 g/mol. The minimum Gasteiger partial charge on any atom is -0.388 e. The summed E-state index contributed by atoms with van der Waals surface area (Å²) in [5.41, 5.74) is -0.784. The molecule has 0 aromatic carbocycles. The van der Waals surface area contributed by atoms with E-state index >= 15 is 0 Å². The molecule has 1 atom stereocenters. The van der Waals surface area contributed by atoms with Crippen molar-refractivity contribution in [2.45, 2.75) is 50.2 Å². The zero-order valence-electron chi connectivity index (χ0n) is 13.1. The Hall–Kier alpha value is -1.80. The van der Waals surface area contributed by atoms with Crippen molar-refractivity contribution < 1.29 is 9.63 Å². The van der Waals surface area contributed by atoms with Crippen LogP contribution >= 0.6 is 0 Å². The quantitative estimate of drug-likeness (QED) is 0.834. The Morgan fingerprint density at radius 3 is 3.04 bits per heavy atom. The van der Waals surface area contributed by atoms with Crippen LogP contribution in [-0.4, -0.2) is 60.1 Å². The largest absolute Gasteiger partial charge is 0.388 e. The van der Waals surface area contributed by atoms with Crippen molar-refractivity contribution in [2.75, 3.05) is 19.6 Å². The normalized spacial score (nSPS) is 25.8. The highest BCUT2D eigenvalue weighted by atomic mass is 16.5. The Kier molecular flexibility index (Phi) is 3.86. The summed E-state index contributed by atoms with van der Waals surface area (Å²) in [5, 5.41) is 19.1. The van der Waals surface area contributed by atoms with Crippen molar-refractivity contribution >= 4 is 0 Å². The molecule has 2 aromatic heterocycles. The van der Waals surface area contributed by atoms with Gasteiger partial charge in [0.15, 0.2) is 5.82 Å². The molecule has 1 unspecified atom stereocenters. The maximum Gasteiger partial charge on any atom is 0.229 e. The van der Waals surface area contributed by atoms with Crippen LogP contribution in [0.25, 0.3) is 0 Å². The number of rotatable bonds is 6.